The molecule has 3 rings (SSSR count). The Bertz CT molecular complexity index is 2260. The summed E-state index contributed by atoms with van der Waals surface area (Å²) in [5.41, 5.74) is 8.92. The Hall–Kier alpha value is -2.54. The first-order valence-corrected chi connectivity index (χ1v) is 17.6. The third-order valence-electron chi connectivity index (χ3n) is 5.86. The number of hydrogen-bond donors (Lipinski definition) is 2. The summed E-state index contributed by atoms with van der Waals surface area (Å²) < 4.78 is 125. The van der Waals surface area contributed by atoms with E-state index in [2.05, 4.69) is 33.6 Å². The molecule has 47 heavy (non-hydrogen) atoms. The van der Waals surface area contributed by atoms with Crippen molar-refractivity contribution >= 4 is 74.0 Å². The summed E-state index contributed by atoms with van der Waals surface area (Å²) in [6, 6.07) is 5.26. The number of anilines is 2. The number of nitrogens with zero attached hydrogens (tertiary/aromatic N) is 4. The van der Waals surface area contributed by atoms with Crippen molar-refractivity contribution in [1.82, 2.24) is 0 Å². The molecular weight excluding hydrogens is 723 g/mol. The van der Waals surface area contributed by atoms with E-state index in [1.807, 2.05) is 0 Å². The van der Waals surface area contributed by atoms with Gasteiger partial charge in [0.1, 0.15) is 48.7 Å². The minimum Gasteiger partial charge on any atom is -0.744 e. The average Bonchev–Trinajstić information content (AvgIpc) is 2.95. The predicted octanol–water partition coefficient (Wildman–Crippen LogP) is -2.35. The van der Waals surface area contributed by atoms with E-state index in [-0.39, 0.29) is 81.0 Å². The van der Waals surface area contributed by atoms with Gasteiger partial charge in [0.2, 0.25) is 0 Å². The van der Waals surface area contributed by atoms with Crippen molar-refractivity contribution in [3.05, 3.63) is 65.9 Å². The Balaban J connectivity index is 0.00000552. The maximum absolute atomic E-state index is 12.3. The molecule has 240 valence electrons. The van der Waals surface area contributed by atoms with E-state index in [0.29, 0.717) is 17.5 Å². The van der Waals surface area contributed by atoms with E-state index in [0.717, 1.165) is 23.6 Å². The number of sulfone groups is 2. The second-order valence-electron chi connectivity index (χ2n) is 8.72. The van der Waals surface area contributed by atoms with Gasteiger partial charge in [-0.1, -0.05) is 13.2 Å². The molecule has 0 radical (unpaired) electrons. The van der Waals surface area contributed by atoms with Gasteiger partial charge in [-0.2, -0.15) is 0 Å². The maximum atomic E-state index is 12.3. The molecule has 0 aliphatic carbocycles. The number of nitrogen functional groups attached to an aromatic ring is 2. The molecule has 0 fully saturated rings. The molecule has 0 aliphatic rings. The average molecular weight is 745 g/mol. The van der Waals surface area contributed by atoms with Crippen molar-refractivity contribution in [1.29, 1.82) is 0 Å². The van der Waals surface area contributed by atoms with E-state index < -0.39 is 83.0 Å². The topological polar surface area (TPSA) is 293 Å². The van der Waals surface area contributed by atoms with Crippen LogP contribution in [0.1, 0.15) is 5.56 Å². The van der Waals surface area contributed by atoms with Crippen LogP contribution >= 0.6 is 0 Å². The standard InChI is InChI=1S/C24H24N6O11S4.2Na/c1-5-42(31,32)14-7-8-15(20(10-14)44(35,36)37)27-29-17-11-21(45(38,39)40)23(26)24(22(17)25)30-28-16-9-13(3)19(12-18(16)41-4)43(33,34)6-2;;/h5-12H,1-2,25-26H2,3-4H3,(H,35,36,37)(H,38,39,40);;/q;2*+1/p-2. The van der Waals surface area contributed by atoms with Gasteiger partial charge in [0.15, 0.2) is 19.7 Å². The third-order valence-corrected chi connectivity index (χ3v) is 10.4. The molecule has 0 aromatic heterocycles. The Morgan fingerprint density at radius 3 is 1.72 bits per heavy atom. The minimum atomic E-state index is -5.34. The first-order valence-electron chi connectivity index (χ1n) is 11.7. The molecule has 0 saturated heterocycles. The summed E-state index contributed by atoms with van der Waals surface area (Å²) in [7, 11) is -17.5. The Morgan fingerprint density at radius 1 is 0.681 bits per heavy atom. The molecule has 0 spiro atoms. The van der Waals surface area contributed by atoms with Crippen molar-refractivity contribution in [3.63, 3.8) is 0 Å². The maximum Gasteiger partial charge on any atom is 1.00 e. The van der Waals surface area contributed by atoms with Gasteiger partial charge < -0.3 is 25.3 Å². The predicted molar refractivity (Wildman–Crippen MR) is 158 cm³/mol. The fourth-order valence-corrected chi connectivity index (χ4v) is 6.64. The molecule has 0 unspecified atom stereocenters. The monoisotopic (exact) mass is 744 g/mol. The molecule has 0 heterocycles. The molecule has 0 amide bonds. The van der Waals surface area contributed by atoms with Gasteiger partial charge in [0, 0.05) is 16.9 Å². The number of hydrogen-bond acceptors (Lipinski definition) is 17. The first kappa shape index (κ1) is 42.5. The second-order valence-corrected chi connectivity index (χ2v) is 15.2. The summed E-state index contributed by atoms with van der Waals surface area (Å²) in [5.74, 6) is -0.0947. The van der Waals surface area contributed by atoms with E-state index >= 15 is 0 Å². The number of benzene rings is 3. The van der Waals surface area contributed by atoms with Crippen molar-refractivity contribution in [2.24, 2.45) is 20.5 Å². The number of aryl methyl sites for hydroxylation is 1. The molecule has 0 atom stereocenters. The zero-order chi connectivity index (χ0) is 34.1. The van der Waals surface area contributed by atoms with Crippen LogP contribution in [0, 0.1) is 6.92 Å². The van der Waals surface area contributed by atoms with Crippen LogP contribution < -0.4 is 75.3 Å². The van der Waals surface area contributed by atoms with Crippen LogP contribution in [0.3, 0.4) is 0 Å². The van der Waals surface area contributed by atoms with Crippen LogP contribution in [0.15, 0.2) is 100 Å². The van der Waals surface area contributed by atoms with Crippen LogP contribution in [0.25, 0.3) is 0 Å². The quantitative estimate of drug-likeness (QED) is 0.0901. The second kappa shape index (κ2) is 15.8. The van der Waals surface area contributed by atoms with Gasteiger partial charge in [0.25, 0.3) is 0 Å². The summed E-state index contributed by atoms with van der Waals surface area (Å²) in [4.78, 5) is -2.92. The zero-order valence-electron chi connectivity index (χ0n) is 25.1. The fraction of sp³-hybridized carbons (Fsp3) is 0.0833. The van der Waals surface area contributed by atoms with E-state index in [1.165, 1.54) is 20.1 Å². The van der Waals surface area contributed by atoms with Crippen molar-refractivity contribution in [2.45, 2.75) is 26.5 Å². The number of azo groups is 2. The van der Waals surface area contributed by atoms with Crippen LogP contribution in [0.5, 0.6) is 5.75 Å². The molecule has 17 nitrogen and oxygen atoms in total. The minimum absolute atomic E-state index is 0. The Morgan fingerprint density at radius 2 is 1.21 bits per heavy atom. The third kappa shape index (κ3) is 9.55. The smallest absolute Gasteiger partial charge is 0.744 e. The fourth-order valence-electron chi connectivity index (χ4n) is 3.61. The van der Waals surface area contributed by atoms with Gasteiger partial charge in [-0.25, -0.2) is 33.7 Å². The molecular formula is C24H22N6Na2O11S4. The Kier molecular flexibility index (Phi) is 14.3. The van der Waals surface area contributed by atoms with Crippen LogP contribution in [-0.4, -0.2) is 49.9 Å². The molecule has 23 heteroatoms. The number of methoxy groups -OCH3 is 1. The SMILES string of the molecule is C=CS(=O)(=O)c1ccc(N=Nc2cc(S(=O)(=O)[O-])c(N)c(N=Nc3cc(C)c(S(=O)(=O)C=C)cc3OC)c2N)c(S(=O)(=O)[O-])c1.[Na+].[Na+]. The van der Waals surface area contributed by atoms with Crippen molar-refractivity contribution in [3.8, 4) is 5.75 Å². The van der Waals surface area contributed by atoms with E-state index in [9.17, 15) is 42.8 Å². The van der Waals surface area contributed by atoms with E-state index in [1.54, 1.807) is 0 Å². The molecule has 0 aliphatic heterocycles. The van der Waals surface area contributed by atoms with Gasteiger partial charge in [-0.3, -0.25) is 0 Å². The summed E-state index contributed by atoms with van der Waals surface area (Å²) in [5, 5.41) is 16.2. The van der Waals surface area contributed by atoms with Crippen LogP contribution in [-0.2, 0) is 39.9 Å². The zero-order valence-corrected chi connectivity index (χ0v) is 32.4. The summed E-state index contributed by atoms with van der Waals surface area (Å²) in [6.07, 6.45) is 0. The van der Waals surface area contributed by atoms with Crippen molar-refractivity contribution in [2.75, 3.05) is 18.6 Å². The number of rotatable bonds is 11. The number of nitrogens with two attached hydrogens (primary N) is 2. The molecule has 3 aromatic carbocycles. The molecule has 4 N–H and O–H groups in total. The summed E-state index contributed by atoms with van der Waals surface area (Å²) in [6.45, 7) is 7.82. The molecule has 3 aromatic rings. The molecule has 0 saturated carbocycles. The van der Waals surface area contributed by atoms with Gasteiger partial charge >= 0.3 is 59.1 Å². The van der Waals surface area contributed by atoms with Gasteiger partial charge in [-0.15, -0.1) is 20.5 Å². The van der Waals surface area contributed by atoms with Gasteiger partial charge in [0.05, 0.1) is 38.1 Å². The first-order chi connectivity index (χ1) is 20.7. The van der Waals surface area contributed by atoms with Gasteiger partial charge in [-0.05, 0) is 42.8 Å². The number of ether oxygens (including phenoxy) is 1. The Labute approximate surface area is 314 Å². The van der Waals surface area contributed by atoms with Crippen LogP contribution in [0.2, 0.25) is 0 Å². The van der Waals surface area contributed by atoms with Crippen LogP contribution in [0.4, 0.5) is 34.1 Å². The molecule has 0 bridgehead atoms. The van der Waals surface area contributed by atoms with Crippen molar-refractivity contribution < 1.29 is 107 Å². The normalized spacial score (nSPS) is 12.3. The largest absolute Gasteiger partial charge is 1.00 e. The summed E-state index contributed by atoms with van der Waals surface area (Å²) >= 11 is 0. The van der Waals surface area contributed by atoms with E-state index in [4.69, 9.17) is 16.2 Å².